The van der Waals surface area contributed by atoms with Crippen LogP contribution in [0.4, 0.5) is 5.82 Å². The molecular weight excluding hydrogens is 420 g/mol. The van der Waals surface area contributed by atoms with Crippen molar-refractivity contribution in [3.05, 3.63) is 52.9 Å². The van der Waals surface area contributed by atoms with Crippen LogP contribution in [0.3, 0.4) is 0 Å². The number of sulfonamides is 1. The summed E-state index contributed by atoms with van der Waals surface area (Å²) in [4.78, 5) is 3.49. The maximum Gasteiger partial charge on any atom is 0.243 e. The van der Waals surface area contributed by atoms with Crippen LogP contribution in [0.25, 0.3) is 10.6 Å². The number of rotatable bonds is 5. The Labute approximate surface area is 181 Å². The number of nitrogens with zero attached hydrogens (tertiary/aromatic N) is 4. The second-order valence-corrected chi connectivity index (χ2v) is 10.1. The minimum atomic E-state index is -3.57. The first kappa shape index (κ1) is 20.8. The van der Waals surface area contributed by atoms with E-state index in [1.807, 2.05) is 36.6 Å². The molecule has 7 nitrogen and oxygen atoms in total. The van der Waals surface area contributed by atoms with Gasteiger partial charge < -0.3 is 9.64 Å². The molecule has 1 aliphatic rings. The van der Waals surface area contributed by atoms with E-state index in [1.165, 1.54) is 0 Å². The van der Waals surface area contributed by atoms with E-state index in [2.05, 4.69) is 15.1 Å². The third-order valence-corrected chi connectivity index (χ3v) is 8.23. The molecule has 0 bridgehead atoms. The largest absolute Gasteiger partial charge is 0.496 e. The van der Waals surface area contributed by atoms with Gasteiger partial charge in [0.05, 0.1) is 16.9 Å². The molecule has 0 unspecified atom stereocenters. The zero-order chi connectivity index (χ0) is 21.3. The maximum atomic E-state index is 13.2. The predicted octanol–water partition coefficient (Wildman–Crippen LogP) is 3.34. The van der Waals surface area contributed by atoms with E-state index in [0.29, 0.717) is 42.4 Å². The minimum Gasteiger partial charge on any atom is -0.496 e. The lowest BCUT2D eigenvalue weighted by atomic mass is 10.1. The van der Waals surface area contributed by atoms with Crippen molar-refractivity contribution in [1.82, 2.24) is 14.5 Å². The fourth-order valence-electron chi connectivity index (χ4n) is 3.61. The van der Waals surface area contributed by atoms with Crippen molar-refractivity contribution < 1.29 is 13.2 Å². The number of thiophene rings is 1. The quantitative estimate of drug-likeness (QED) is 0.601. The summed E-state index contributed by atoms with van der Waals surface area (Å²) >= 11 is 1.63. The maximum absolute atomic E-state index is 13.2. The van der Waals surface area contributed by atoms with Crippen LogP contribution < -0.4 is 9.64 Å². The van der Waals surface area contributed by atoms with Gasteiger partial charge in [0.15, 0.2) is 5.82 Å². The molecule has 3 heterocycles. The van der Waals surface area contributed by atoms with Crippen LogP contribution in [-0.2, 0) is 10.0 Å². The number of benzene rings is 1. The first-order valence-electron chi connectivity index (χ1n) is 9.68. The summed E-state index contributed by atoms with van der Waals surface area (Å²) in [5.41, 5.74) is 2.34. The van der Waals surface area contributed by atoms with Crippen molar-refractivity contribution in [2.24, 2.45) is 0 Å². The molecule has 30 heavy (non-hydrogen) atoms. The Morgan fingerprint density at radius 2 is 1.77 bits per heavy atom. The van der Waals surface area contributed by atoms with E-state index in [1.54, 1.807) is 41.8 Å². The fourth-order valence-corrected chi connectivity index (χ4v) is 6.01. The number of anilines is 1. The summed E-state index contributed by atoms with van der Waals surface area (Å²) in [7, 11) is -1.98. The van der Waals surface area contributed by atoms with E-state index >= 15 is 0 Å². The molecule has 1 saturated heterocycles. The molecule has 0 amide bonds. The standard InChI is InChI=1S/C21H24N4O3S2/c1-15-14-20(16(2)13-18(15)28-3)30(26,27)25-10-8-24(9-11-25)21-7-6-17(22-23-21)19-5-4-12-29-19/h4-7,12-14H,8-11H2,1-3H3. The first-order valence-corrected chi connectivity index (χ1v) is 12.0. The van der Waals surface area contributed by atoms with Gasteiger partial charge in [-0.3, -0.25) is 0 Å². The van der Waals surface area contributed by atoms with Crippen LogP contribution in [0, 0.1) is 13.8 Å². The molecular formula is C21H24N4O3S2. The second kappa shape index (κ2) is 8.33. The molecule has 2 aromatic heterocycles. The summed E-state index contributed by atoms with van der Waals surface area (Å²) in [5.74, 6) is 1.46. The molecule has 0 radical (unpaired) electrons. The smallest absolute Gasteiger partial charge is 0.243 e. The molecule has 0 saturated carbocycles. The van der Waals surface area contributed by atoms with Gasteiger partial charge in [0, 0.05) is 26.2 Å². The number of aryl methyl sites for hydroxylation is 2. The molecule has 0 spiro atoms. The van der Waals surface area contributed by atoms with Crippen LogP contribution in [-0.4, -0.2) is 56.2 Å². The normalized spacial score (nSPS) is 15.4. The van der Waals surface area contributed by atoms with E-state index in [4.69, 9.17) is 4.74 Å². The third-order valence-electron chi connectivity index (χ3n) is 5.30. The molecule has 1 fully saturated rings. The molecule has 1 aliphatic heterocycles. The number of ether oxygens (including phenoxy) is 1. The molecule has 158 valence electrons. The van der Waals surface area contributed by atoms with Crippen LogP contribution in [0.1, 0.15) is 11.1 Å². The zero-order valence-corrected chi connectivity index (χ0v) is 18.8. The summed E-state index contributed by atoms with van der Waals surface area (Å²) < 4.78 is 33.3. The van der Waals surface area contributed by atoms with Gasteiger partial charge in [-0.15, -0.1) is 21.5 Å². The Bertz CT molecular complexity index is 1120. The summed E-state index contributed by atoms with van der Waals surface area (Å²) in [5, 5.41) is 10.7. The van der Waals surface area contributed by atoms with Gasteiger partial charge in [0.25, 0.3) is 0 Å². The molecule has 1 aromatic carbocycles. The molecule has 0 atom stereocenters. The highest BCUT2D eigenvalue weighted by Gasteiger charge is 2.30. The van der Waals surface area contributed by atoms with Crippen molar-refractivity contribution >= 4 is 27.2 Å². The van der Waals surface area contributed by atoms with Gasteiger partial charge in [0.2, 0.25) is 10.0 Å². The Morgan fingerprint density at radius 3 is 2.37 bits per heavy atom. The number of hydrogen-bond donors (Lipinski definition) is 0. The number of hydrogen-bond acceptors (Lipinski definition) is 7. The summed E-state index contributed by atoms with van der Waals surface area (Å²) in [6.07, 6.45) is 0. The van der Waals surface area contributed by atoms with Crippen molar-refractivity contribution in [2.45, 2.75) is 18.7 Å². The van der Waals surface area contributed by atoms with Crippen molar-refractivity contribution in [3.63, 3.8) is 0 Å². The van der Waals surface area contributed by atoms with Crippen molar-refractivity contribution in [3.8, 4) is 16.3 Å². The van der Waals surface area contributed by atoms with Crippen LogP contribution in [0.5, 0.6) is 5.75 Å². The average Bonchev–Trinajstić information content (AvgIpc) is 3.30. The summed E-state index contributed by atoms with van der Waals surface area (Å²) in [6, 6.07) is 11.4. The zero-order valence-electron chi connectivity index (χ0n) is 17.2. The van der Waals surface area contributed by atoms with E-state index in [9.17, 15) is 8.42 Å². The summed E-state index contributed by atoms with van der Waals surface area (Å²) in [6.45, 7) is 5.60. The lowest BCUT2D eigenvalue weighted by Gasteiger charge is -2.34. The monoisotopic (exact) mass is 444 g/mol. The van der Waals surface area contributed by atoms with Gasteiger partial charge >= 0.3 is 0 Å². The van der Waals surface area contributed by atoms with Gasteiger partial charge in [-0.25, -0.2) is 8.42 Å². The van der Waals surface area contributed by atoms with Crippen molar-refractivity contribution in [1.29, 1.82) is 0 Å². The fraction of sp³-hybridized carbons (Fsp3) is 0.333. The second-order valence-electron chi connectivity index (χ2n) is 7.23. The molecule has 9 heteroatoms. The minimum absolute atomic E-state index is 0.342. The Kier molecular flexibility index (Phi) is 5.77. The first-order chi connectivity index (χ1) is 14.4. The molecule has 0 N–H and O–H groups in total. The van der Waals surface area contributed by atoms with Crippen LogP contribution in [0.2, 0.25) is 0 Å². The van der Waals surface area contributed by atoms with Gasteiger partial charge in [-0.1, -0.05) is 6.07 Å². The van der Waals surface area contributed by atoms with E-state index in [-0.39, 0.29) is 0 Å². The molecule has 3 aromatic rings. The SMILES string of the molecule is COc1cc(C)c(S(=O)(=O)N2CCN(c3ccc(-c4cccs4)nn3)CC2)cc1C. The molecule has 4 rings (SSSR count). The van der Waals surface area contributed by atoms with Crippen LogP contribution >= 0.6 is 11.3 Å². The third kappa shape index (κ3) is 3.92. The van der Waals surface area contributed by atoms with Crippen LogP contribution in [0.15, 0.2) is 46.7 Å². The highest BCUT2D eigenvalue weighted by atomic mass is 32.2. The van der Waals surface area contributed by atoms with E-state index in [0.717, 1.165) is 22.0 Å². The topological polar surface area (TPSA) is 75.6 Å². The van der Waals surface area contributed by atoms with Crippen molar-refractivity contribution in [2.75, 3.05) is 38.2 Å². The van der Waals surface area contributed by atoms with Gasteiger partial charge in [-0.05, 0) is 60.7 Å². The predicted molar refractivity (Wildman–Crippen MR) is 119 cm³/mol. The number of aromatic nitrogens is 2. The Balaban J connectivity index is 1.47. The van der Waals surface area contributed by atoms with Gasteiger partial charge in [-0.2, -0.15) is 4.31 Å². The highest BCUT2D eigenvalue weighted by Crippen LogP contribution is 2.29. The Hall–Kier alpha value is -2.49. The number of piperazine rings is 1. The van der Waals surface area contributed by atoms with Gasteiger partial charge in [0.1, 0.15) is 11.4 Å². The highest BCUT2D eigenvalue weighted by molar-refractivity contribution is 7.89. The lowest BCUT2D eigenvalue weighted by Crippen LogP contribution is -2.49. The van der Waals surface area contributed by atoms with E-state index < -0.39 is 10.0 Å². The average molecular weight is 445 g/mol. The lowest BCUT2D eigenvalue weighted by molar-refractivity contribution is 0.382. The molecule has 0 aliphatic carbocycles. The number of methoxy groups -OCH3 is 1. The Morgan fingerprint density at radius 1 is 1.00 bits per heavy atom.